The summed E-state index contributed by atoms with van der Waals surface area (Å²) in [5, 5.41) is 25.4. The number of rotatable bonds is 6. The van der Waals surface area contributed by atoms with Crippen LogP contribution in [0.5, 0.6) is 0 Å². The van der Waals surface area contributed by atoms with Gasteiger partial charge in [-0.1, -0.05) is 6.92 Å². The largest absolute Gasteiger partial charge is 0.481 e. The molecule has 1 rings (SSSR count). The fourth-order valence-corrected chi connectivity index (χ4v) is 1.49. The molecule has 1 aromatic rings. The molecular formula is C10H14N4O5. The second-order valence-electron chi connectivity index (χ2n) is 4.21. The van der Waals surface area contributed by atoms with E-state index in [1.165, 1.54) is 11.7 Å². The Bertz CT molecular complexity index is 510. The summed E-state index contributed by atoms with van der Waals surface area (Å²) in [5.41, 5.74) is -0.666. The third-order valence-electron chi connectivity index (χ3n) is 2.36. The van der Waals surface area contributed by atoms with Crippen molar-refractivity contribution in [2.45, 2.75) is 13.3 Å². The smallest absolute Gasteiger partial charge is 0.320 e. The Morgan fingerprint density at radius 3 is 2.79 bits per heavy atom. The highest BCUT2D eigenvalue weighted by Crippen LogP contribution is 2.15. The number of nitrogens with one attached hydrogen (secondary N) is 1. The van der Waals surface area contributed by atoms with Crippen LogP contribution >= 0.6 is 0 Å². The molecule has 104 valence electrons. The predicted octanol–water partition coefficient (Wildman–Crippen LogP) is 0.169. The van der Waals surface area contributed by atoms with Crippen LogP contribution in [-0.4, -0.2) is 38.2 Å². The van der Waals surface area contributed by atoms with Gasteiger partial charge in [-0.3, -0.25) is 24.4 Å². The Balaban J connectivity index is 2.68. The van der Waals surface area contributed by atoms with E-state index in [0.29, 0.717) is 0 Å². The quantitative estimate of drug-likeness (QED) is 0.560. The van der Waals surface area contributed by atoms with Crippen molar-refractivity contribution in [2.75, 3.05) is 6.54 Å². The molecule has 0 saturated carbocycles. The third-order valence-corrected chi connectivity index (χ3v) is 2.36. The zero-order chi connectivity index (χ0) is 14.6. The van der Waals surface area contributed by atoms with Crippen LogP contribution in [0.3, 0.4) is 0 Å². The highest BCUT2D eigenvalue weighted by Gasteiger charge is 2.25. The normalized spacial score (nSPS) is 11.9. The Morgan fingerprint density at radius 2 is 2.26 bits per heavy atom. The topological polar surface area (TPSA) is 127 Å². The van der Waals surface area contributed by atoms with Crippen LogP contribution in [0.25, 0.3) is 0 Å². The van der Waals surface area contributed by atoms with Gasteiger partial charge in [0.05, 0.1) is 4.92 Å². The van der Waals surface area contributed by atoms with Gasteiger partial charge in [0.15, 0.2) is 0 Å². The lowest BCUT2D eigenvalue weighted by Crippen LogP contribution is -2.30. The Labute approximate surface area is 108 Å². The van der Waals surface area contributed by atoms with Crippen LogP contribution in [0.4, 0.5) is 5.69 Å². The lowest BCUT2D eigenvalue weighted by atomic mass is 10.1. The van der Waals surface area contributed by atoms with Gasteiger partial charge in [-0.2, -0.15) is 5.10 Å². The van der Waals surface area contributed by atoms with Gasteiger partial charge in [0.1, 0.15) is 6.20 Å². The summed E-state index contributed by atoms with van der Waals surface area (Å²) in [7, 11) is 1.47. The predicted molar refractivity (Wildman–Crippen MR) is 63.6 cm³/mol. The van der Waals surface area contributed by atoms with E-state index < -0.39 is 16.8 Å². The summed E-state index contributed by atoms with van der Waals surface area (Å²) < 4.78 is 1.17. The first-order chi connectivity index (χ1) is 8.81. The van der Waals surface area contributed by atoms with Crippen molar-refractivity contribution in [3.63, 3.8) is 0 Å². The Kier molecular flexibility index (Phi) is 4.56. The molecule has 1 unspecified atom stereocenters. The zero-order valence-corrected chi connectivity index (χ0v) is 10.5. The SMILES string of the molecule is CC(CNC(=O)c1nn(C)cc1[N+](=O)[O-])CC(=O)O. The summed E-state index contributed by atoms with van der Waals surface area (Å²) in [6, 6.07) is 0. The molecule has 19 heavy (non-hydrogen) atoms. The van der Waals surface area contributed by atoms with Crippen LogP contribution in [0, 0.1) is 16.0 Å². The highest BCUT2D eigenvalue weighted by atomic mass is 16.6. The Morgan fingerprint density at radius 1 is 1.63 bits per heavy atom. The van der Waals surface area contributed by atoms with Crippen molar-refractivity contribution >= 4 is 17.6 Å². The first-order valence-corrected chi connectivity index (χ1v) is 5.49. The standard InChI is InChI=1S/C10H14N4O5/c1-6(3-8(15)16)4-11-10(17)9-7(14(18)19)5-13(2)12-9/h5-6H,3-4H2,1-2H3,(H,11,17)(H,15,16). The number of aromatic nitrogens is 2. The van der Waals surface area contributed by atoms with Crippen molar-refractivity contribution in [3.05, 3.63) is 22.0 Å². The van der Waals surface area contributed by atoms with E-state index in [4.69, 9.17) is 5.11 Å². The molecule has 9 heteroatoms. The molecular weight excluding hydrogens is 256 g/mol. The van der Waals surface area contributed by atoms with Crippen molar-refractivity contribution in [2.24, 2.45) is 13.0 Å². The molecule has 0 aliphatic carbocycles. The summed E-state index contributed by atoms with van der Waals surface area (Å²) in [4.78, 5) is 32.2. The summed E-state index contributed by atoms with van der Waals surface area (Å²) in [5.74, 6) is -1.93. The number of carbonyl (C=O) groups is 2. The molecule has 1 atom stereocenters. The molecule has 9 nitrogen and oxygen atoms in total. The fraction of sp³-hybridized carbons (Fsp3) is 0.500. The third kappa shape index (κ3) is 4.05. The van der Waals surface area contributed by atoms with E-state index in [2.05, 4.69) is 10.4 Å². The minimum absolute atomic E-state index is 0.0927. The zero-order valence-electron chi connectivity index (χ0n) is 10.5. The maximum Gasteiger partial charge on any atom is 0.320 e. The lowest BCUT2D eigenvalue weighted by molar-refractivity contribution is -0.385. The van der Waals surface area contributed by atoms with Crippen LogP contribution in [0.15, 0.2) is 6.20 Å². The molecule has 0 aliphatic rings. The van der Waals surface area contributed by atoms with Crippen molar-refractivity contribution in [1.82, 2.24) is 15.1 Å². The van der Waals surface area contributed by atoms with Gasteiger partial charge in [-0.15, -0.1) is 0 Å². The number of nitro groups is 1. The molecule has 0 radical (unpaired) electrons. The second kappa shape index (κ2) is 5.94. The molecule has 0 spiro atoms. The maximum atomic E-state index is 11.7. The van der Waals surface area contributed by atoms with Crippen molar-refractivity contribution in [3.8, 4) is 0 Å². The Hall–Kier alpha value is -2.45. The number of aryl methyl sites for hydroxylation is 1. The molecule has 1 heterocycles. The van der Waals surface area contributed by atoms with Crippen molar-refractivity contribution in [1.29, 1.82) is 0 Å². The second-order valence-corrected chi connectivity index (χ2v) is 4.21. The van der Waals surface area contributed by atoms with Gasteiger partial charge in [0.2, 0.25) is 5.69 Å². The fourth-order valence-electron chi connectivity index (χ4n) is 1.49. The van der Waals surface area contributed by atoms with Crippen LogP contribution < -0.4 is 5.32 Å². The van der Waals surface area contributed by atoms with Gasteiger partial charge >= 0.3 is 11.7 Å². The number of hydrogen-bond acceptors (Lipinski definition) is 5. The van der Waals surface area contributed by atoms with E-state index >= 15 is 0 Å². The molecule has 2 N–H and O–H groups in total. The van der Waals surface area contributed by atoms with Crippen LogP contribution in [0.2, 0.25) is 0 Å². The van der Waals surface area contributed by atoms with Gasteiger partial charge in [-0.25, -0.2) is 0 Å². The molecule has 0 fully saturated rings. The molecule has 1 amide bonds. The number of amides is 1. The number of carboxylic acids is 1. The molecule has 0 saturated heterocycles. The van der Waals surface area contributed by atoms with Crippen molar-refractivity contribution < 1.29 is 19.6 Å². The summed E-state index contributed by atoms with van der Waals surface area (Å²) in [6.07, 6.45) is 1.04. The van der Waals surface area contributed by atoms with Gasteiger partial charge in [0, 0.05) is 20.0 Å². The maximum absolute atomic E-state index is 11.7. The first-order valence-electron chi connectivity index (χ1n) is 5.49. The van der Waals surface area contributed by atoms with E-state index in [9.17, 15) is 19.7 Å². The highest BCUT2D eigenvalue weighted by molar-refractivity contribution is 5.96. The first kappa shape index (κ1) is 14.6. The number of hydrogen-bond donors (Lipinski definition) is 2. The van der Waals surface area contributed by atoms with Gasteiger partial charge in [0.25, 0.3) is 5.91 Å². The molecule has 0 aliphatic heterocycles. The van der Waals surface area contributed by atoms with Crippen LogP contribution in [0.1, 0.15) is 23.8 Å². The van der Waals surface area contributed by atoms with E-state index in [1.54, 1.807) is 6.92 Å². The minimum atomic E-state index is -0.967. The van der Waals surface area contributed by atoms with E-state index in [-0.39, 0.29) is 30.3 Å². The van der Waals surface area contributed by atoms with Gasteiger partial charge in [-0.05, 0) is 5.92 Å². The molecule has 1 aromatic heterocycles. The average molecular weight is 270 g/mol. The number of carboxylic acid groups (broad SMARTS) is 1. The van der Waals surface area contributed by atoms with E-state index in [0.717, 1.165) is 6.20 Å². The molecule has 0 bridgehead atoms. The number of carbonyl (C=O) groups excluding carboxylic acids is 1. The average Bonchev–Trinajstić information content (AvgIpc) is 2.67. The van der Waals surface area contributed by atoms with Gasteiger partial charge < -0.3 is 10.4 Å². The summed E-state index contributed by atoms with van der Waals surface area (Å²) in [6.45, 7) is 1.76. The van der Waals surface area contributed by atoms with Crippen LogP contribution in [-0.2, 0) is 11.8 Å². The molecule has 0 aromatic carbocycles. The lowest BCUT2D eigenvalue weighted by Gasteiger charge is -2.08. The number of aliphatic carboxylic acids is 1. The van der Waals surface area contributed by atoms with E-state index in [1.807, 2.05) is 0 Å². The minimum Gasteiger partial charge on any atom is -0.481 e. The monoisotopic (exact) mass is 270 g/mol. The number of nitrogens with zero attached hydrogens (tertiary/aromatic N) is 3. The summed E-state index contributed by atoms with van der Waals surface area (Å²) >= 11 is 0.